The quantitative estimate of drug-likeness (QED) is 0.623. The SMILES string of the molecule is CC(=O)c1sc2ncnn2c1C. The van der Waals surface area contributed by atoms with Gasteiger partial charge in [-0.3, -0.25) is 4.79 Å². The molecule has 0 saturated heterocycles. The molecule has 2 heterocycles. The monoisotopic (exact) mass is 181 g/mol. The molecule has 0 atom stereocenters. The van der Waals surface area contributed by atoms with E-state index in [9.17, 15) is 4.79 Å². The van der Waals surface area contributed by atoms with Gasteiger partial charge in [-0.2, -0.15) is 5.10 Å². The average Bonchev–Trinajstić information content (AvgIpc) is 2.53. The van der Waals surface area contributed by atoms with Crippen LogP contribution in [0.3, 0.4) is 0 Å². The van der Waals surface area contributed by atoms with Crippen LogP contribution in [0.5, 0.6) is 0 Å². The molecule has 0 fully saturated rings. The van der Waals surface area contributed by atoms with E-state index in [4.69, 9.17) is 0 Å². The lowest BCUT2D eigenvalue weighted by atomic mass is 10.3. The van der Waals surface area contributed by atoms with Gasteiger partial charge in [-0.05, 0) is 6.92 Å². The summed E-state index contributed by atoms with van der Waals surface area (Å²) in [6, 6.07) is 0. The summed E-state index contributed by atoms with van der Waals surface area (Å²) < 4.78 is 1.68. The molecule has 0 unspecified atom stereocenters. The molecular weight excluding hydrogens is 174 g/mol. The van der Waals surface area contributed by atoms with E-state index >= 15 is 0 Å². The molecule has 0 bridgehead atoms. The number of aryl methyl sites for hydroxylation is 1. The molecule has 62 valence electrons. The topological polar surface area (TPSA) is 47.3 Å². The van der Waals surface area contributed by atoms with Crippen LogP contribution in [0.25, 0.3) is 4.96 Å². The lowest BCUT2D eigenvalue weighted by Crippen LogP contribution is -1.94. The first-order chi connectivity index (χ1) is 5.70. The van der Waals surface area contributed by atoms with E-state index in [1.807, 2.05) is 6.92 Å². The normalized spacial score (nSPS) is 10.8. The Bertz CT molecular complexity index is 442. The van der Waals surface area contributed by atoms with E-state index in [2.05, 4.69) is 10.1 Å². The fraction of sp³-hybridized carbons (Fsp3) is 0.286. The minimum atomic E-state index is 0.0739. The van der Waals surface area contributed by atoms with Gasteiger partial charge in [0.15, 0.2) is 5.78 Å². The predicted octanol–water partition coefficient (Wildman–Crippen LogP) is 1.30. The summed E-state index contributed by atoms with van der Waals surface area (Å²) in [5.74, 6) is 0.0739. The molecule has 0 spiro atoms. The summed E-state index contributed by atoms with van der Waals surface area (Å²) in [6.45, 7) is 3.42. The minimum Gasteiger partial charge on any atom is -0.294 e. The highest BCUT2D eigenvalue weighted by molar-refractivity contribution is 7.19. The van der Waals surface area contributed by atoms with Crippen LogP contribution in [0.4, 0.5) is 0 Å². The van der Waals surface area contributed by atoms with Crippen LogP contribution in [0.15, 0.2) is 6.33 Å². The van der Waals surface area contributed by atoms with Gasteiger partial charge < -0.3 is 0 Å². The maximum absolute atomic E-state index is 11.1. The van der Waals surface area contributed by atoms with Crippen LogP contribution >= 0.6 is 11.3 Å². The van der Waals surface area contributed by atoms with Crippen LogP contribution in [-0.4, -0.2) is 20.4 Å². The van der Waals surface area contributed by atoms with Crippen LogP contribution in [-0.2, 0) is 0 Å². The second-order valence-corrected chi connectivity index (χ2v) is 3.50. The van der Waals surface area contributed by atoms with Crippen LogP contribution < -0.4 is 0 Å². The molecule has 0 N–H and O–H groups in total. The van der Waals surface area contributed by atoms with E-state index in [1.54, 1.807) is 11.4 Å². The van der Waals surface area contributed by atoms with Crippen LogP contribution in [0, 0.1) is 6.92 Å². The van der Waals surface area contributed by atoms with Crippen molar-refractivity contribution in [2.24, 2.45) is 0 Å². The van der Waals surface area contributed by atoms with E-state index in [1.165, 1.54) is 17.7 Å². The summed E-state index contributed by atoms with van der Waals surface area (Å²) in [5.41, 5.74) is 0.875. The first-order valence-electron chi connectivity index (χ1n) is 3.50. The van der Waals surface area contributed by atoms with Crippen molar-refractivity contribution in [2.75, 3.05) is 0 Å². The Morgan fingerprint density at radius 1 is 1.67 bits per heavy atom. The van der Waals surface area contributed by atoms with Gasteiger partial charge in [-0.25, -0.2) is 9.50 Å². The number of aromatic nitrogens is 3. The third-order valence-corrected chi connectivity index (χ3v) is 2.92. The number of rotatable bonds is 1. The van der Waals surface area contributed by atoms with Crippen molar-refractivity contribution >= 4 is 22.1 Å². The molecule has 2 aromatic rings. The molecule has 0 radical (unpaired) electrons. The van der Waals surface area contributed by atoms with Gasteiger partial charge in [-0.1, -0.05) is 11.3 Å². The molecule has 0 saturated carbocycles. The Balaban J connectivity index is 2.78. The molecule has 0 aliphatic heterocycles. The van der Waals surface area contributed by atoms with Crippen molar-refractivity contribution in [2.45, 2.75) is 13.8 Å². The number of carbonyl (C=O) groups is 1. The summed E-state index contributed by atoms with van der Waals surface area (Å²) in [5, 5.41) is 3.99. The molecule has 2 aromatic heterocycles. The van der Waals surface area contributed by atoms with Crippen molar-refractivity contribution in [3.8, 4) is 0 Å². The summed E-state index contributed by atoms with van der Waals surface area (Å²) >= 11 is 1.38. The standard InChI is InChI=1S/C7H7N3OS/c1-4-6(5(2)11)12-7-8-3-9-10(4)7/h3H,1-2H3. The van der Waals surface area contributed by atoms with Gasteiger partial charge in [0, 0.05) is 6.92 Å². The highest BCUT2D eigenvalue weighted by atomic mass is 32.1. The number of Topliss-reactive ketones (excluding diaryl/α,β-unsaturated/α-hetero) is 1. The third-order valence-electron chi connectivity index (χ3n) is 1.68. The Morgan fingerprint density at radius 3 is 3.00 bits per heavy atom. The highest BCUT2D eigenvalue weighted by Gasteiger charge is 2.12. The minimum absolute atomic E-state index is 0.0739. The third kappa shape index (κ3) is 0.863. The van der Waals surface area contributed by atoms with Crippen molar-refractivity contribution in [1.29, 1.82) is 0 Å². The van der Waals surface area contributed by atoms with Crippen LogP contribution in [0.2, 0.25) is 0 Å². The van der Waals surface area contributed by atoms with Crippen molar-refractivity contribution in [3.05, 3.63) is 16.9 Å². The fourth-order valence-electron chi connectivity index (χ4n) is 1.12. The lowest BCUT2D eigenvalue weighted by Gasteiger charge is -1.89. The van der Waals surface area contributed by atoms with Gasteiger partial charge in [-0.15, -0.1) is 0 Å². The first kappa shape index (κ1) is 7.42. The fourth-order valence-corrected chi connectivity index (χ4v) is 2.05. The Hall–Kier alpha value is -1.23. The van der Waals surface area contributed by atoms with Gasteiger partial charge in [0.05, 0.1) is 10.6 Å². The van der Waals surface area contributed by atoms with E-state index < -0.39 is 0 Å². The maximum atomic E-state index is 11.1. The Morgan fingerprint density at radius 2 is 2.42 bits per heavy atom. The number of hydrogen-bond acceptors (Lipinski definition) is 4. The molecule has 2 rings (SSSR count). The van der Waals surface area contributed by atoms with Crippen molar-refractivity contribution in [1.82, 2.24) is 14.6 Å². The zero-order chi connectivity index (χ0) is 8.72. The largest absolute Gasteiger partial charge is 0.294 e. The molecule has 0 aromatic carbocycles. The van der Waals surface area contributed by atoms with Crippen molar-refractivity contribution in [3.63, 3.8) is 0 Å². The Labute approximate surface area is 72.9 Å². The predicted molar refractivity (Wildman–Crippen MR) is 45.6 cm³/mol. The molecule has 0 amide bonds. The average molecular weight is 181 g/mol. The van der Waals surface area contributed by atoms with Gasteiger partial charge >= 0.3 is 0 Å². The zero-order valence-electron chi connectivity index (χ0n) is 6.74. The summed E-state index contributed by atoms with van der Waals surface area (Å²) in [6.07, 6.45) is 1.49. The zero-order valence-corrected chi connectivity index (χ0v) is 7.55. The van der Waals surface area contributed by atoms with Gasteiger partial charge in [0.2, 0.25) is 4.96 Å². The molecule has 0 aliphatic rings. The number of hydrogen-bond donors (Lipinski definition) is 0. The molecular formula is C7H7N3OS. The second kappa shape index (κ2) is 2.38. The van der Waals surface area contributed by atoms with E-state index in [0.717, 1.165) is 15.5 Å². The van der Waals surface area contributed by atoms with Crippen LogP contribution in [0.1, 0.15) is 22.3 Å². The smallest absolute Gasteiger partial charge is 0.212 e. The number of ketones is 1. The van der Waals surface area contributed by atoms with Gasteiger partial charge in [0.1, 0.15) is 6.33 Å². The second-order valence-electron chi connectivity index (χ2n) is 2.53. The number of carbonyl (C=O) groups excluding carboxylic acids is 1. The maximum Gasteiger partial charge on any atom is 0.212 e. The van der Waals surface area contributed by atoms with Gasteiger partial charge in [0.25, 0.3) is 0 Å². The Kier molecular flexibility index (Phi) is 1.47. The highest BCUT2D eigenvalue weighted by Crippen LogP contribution is 2.20. The molecule has 4 nitrogen and oxygen atoms in total. The number of nitrogens with zero attached hydrogens (tertiary/aromatic N) is 3. The van der Waals surface area contributed by atoms with E-state index in [0.29, 0.717) is 0 Å². The molecule has 0 aliphatic carbocycles. The number of thiazole rings is 1. The first-order valence-corrected chi connectivity index (χ1v) is 4.32. The number of fused-ring (bicyclic) bond motifs is 1. The molecule has 12 heavy (non-hydrogen) atoms. The summed E-state index contributed by atoms with van der Waals surface area (Å²) in [4.78, 5) is 16.6. The van der Waals surface area contributed by atoms with Crippen molar-refractivity contribution < 1.29 is 4.79 Å². The van der Waals surface area contributed by atoms with E-state index in [-0.39, 0.29) is 5.78 Å². The molecule has 5 heteroatoms. The lowest BCUT2D eigenvalue weighted by molar-refractivity contribution is 0.102. The summed E-state index contributed by atoms with van der Waals surface area (Å²) in [7, 11) is 0.